The quantitative estimate of drug-likeness (QED) is 0.0689. The van der Waals surface area contributed by atoms with E-state index >= 15 is 0 Å². The Morgan fingerprint density at radius 2 is 0.454 bits per heavy atom. The summed E-state index contributed by atoms with van der Waals surface area (Å²) in [6.07, 6.45) is 11.6. The molecule has 0 fully saturated rings. The molecule has 0 saturated heterocycles. The van der Waals surface area contributed by atoms with Crippen molar-refractivity contribution in [3.8, 4) is 101 Å². The Bertz CT molecular complexity index is 8050. The zero-order chi connectivity index (χ0) is 94.5. The van der Waals surface area contributed by atoms with Crippen molar-refractivity contribution in [2.45, 2.75) is 58.9 Å². The van der Waals surface area contributed by atoms with Crippen molar-refractivity contribution >= 4 is 137 Å². The van der Waals surface area contributed by atoms with E-state index in [1.54, 1.807) is 18.6 Å². The molecule has 3 radical (unpaired) electrons. The standard InChI is InChI=1S/3C32H26NSi.3C11H8N.3Ir/c1-34(2,3)32-21-33-31(20-29(32)22-11-5-4-6-12-22)23-17-18-28-26-15-8-7-13-24(26)25-14-9-10-16-27(25)30(28)19-23;1-34(2,3)25-15-18-32(33-21-25)24-14-17-28-26-11-7-8-12-27(26)30-19-23(22-9-5-4-6-10-22)13-16-29(30)31(28)20-24;1-34(2,3)25-15-18-32(33-21-25)24-14-17-29-27-12-8-7-11-26(27)28-16-13-23(19-30(28)31(29)20-24)22-9-5-4-6-10-22;3*1-2-6-10(7-3-1)11-8-4-5-9-12-11;;;/h4-16,18-21H,1-3H3;2*4-13,15-21H,1-3H3;3*1-6,8-9H;;;/q6*-1;;;. The normalized spacial score (nSPS) is 11.1. The van der Waals surface area contributed by atoms with Crippen LogP contribution in [0.25, 0.3) is 198 Å². The Balaban J connectivity index is 0.000000128. The van der Waals surface area contributed by atoms with Gasteiger partial charge in [-0.2, -0.15) is 0 Å². The summed E-state index contributed by atoms with van der Waals surface area (Å²) in [6, 6.07) is 166. The van der Waals surface area contributed by atoms with Gasteiger partial charge in [0.2, 0.25) is 0 Å². The zero-order valence-electron chi connectivity index (χ0n) is 80.0. The molecule has 693 valence electrons. The third kappa shape index (κ3) is 23.0. The van der Waals surface area contributed by atoms with Gasteiger partial charge in [0.25, 0.3) is 0 Å². The van der Waals surface area contributed by atoms with E-state index in [0.29, 0.717) is 0 Å². The topological polar surface area (TPSA) is 77.3 Å². The molecule has 0 aliphatic heterocycles. The second-order valence-electron chi connectivity index (χ2n) is 37.5. The van der Waals surface area contributed by atoms with Gasteiger partial charge in [-0.05, 0) is 162 Å². The fourth-order valence-corrected chi connectivity index (χ4v) is 21.5. The van der Waals surface area contributed by atoms with Crippen molar-refractivity contribution in [2.75, 3.05) is 0 Å². The van der Waals surface area contributed by atoms with Crippen molar-refractivity contribution in [3.63, 3.8) is 0 Å². The first-order valence-corrected chi connectivity index (χ1v) is 57.5. The van der Waals surface area contributed by atoms with E-state index in [9.17, 15) is 0 Å². The largest absolute Gasteiger partial charge is 0.305 e. The molecule has 0 unspecified atom stereocenters. The first-order valence-electron chi connectivity index (χ1n) is 47.0. The van der Waals surface area contributed by atoms with Gasteiger partial charge in [0, 0.05) is 97.5 Å². The molecule has 0 aliphatic carbocycles. The van der Waals surface area contributed by atoms with Crippen molar-refractivity contribution in [1.82, 2.24) is 29.9 Å². The molecule has 12 heteroatoms. The molecule has 18 aromatic carbocycles. The molecule has 6 nitrogen and oxygen atoms in total. The molecule has 0 aliphatic rings. The third-order valence-corrected chi connectivity index (χ3v) is 31.3. The SMILES string of the molecule is C[Si](C)(C)c1ccc(-c2[c-]cc3c4ccccc4c4cc(-c5ccccc5)ccc4c3c2)nc1.C[Si](C)(C)c1ccc(-c2[c-]cc3c4ccccc4c4ccc(-c5ccccc5)cc4c3c2)nc1.C[Si](C)(C)c1cnc(-c2[c-]cc3c4ccccc4c4ccccc4c3c2)cc1-c1ccccc1.[Ir].[Ir].[Ir].[c-]1ccccc1-c1ccccn1.[c-]1ccccc1-c1ccccn1.[c-]1ccccc1-c1ccccn1. The molecule has 0 atom stereocenters. The maximum atomic E-state index is 4.95. The van der Waals surface area contributed by atoms with Gasteiger partial charge >= 0.3 is 0 Å². The van der Waals surface area contributed by atoms with E-state index < -0.39 is 24.2 Å². The molecule has 24 rings (SSSR count). The number of nitrogens with zero attached hydrogens (tertiary/aromatic N) is 6. The second-order valence-corrected chi connectivity index (χ2v) is 52.7. The first-order chi connectivity index (χ1) is 67.4. The fourth-order valence-electron chi connectivity index (χ4n) is 18.0. The van der Waals surface area contributed by atoms with Gasteiger partial charge in [-0.25, -0.2) is 0 Å². The van der Waals surface area contributed by atoms with Crippen LogP contribution in [0.2, 0.25) is 58.9 Å². The molecule has 6 aromatic heterocycles. The predicted molar refractivity (Wildman–Crippen MR) is 594 cm³/mol. The molecule has 24 aromatic rings. The monoisotopic (exact) mass is 2400 g/mol. The maximum Gasteiger partial charge on any atom is 0.0803 e. The second kappa shape index (κ2) is 45.4. The molecule has 0 N–H and O–H groups in total. The van der Waals surface area contributed by atoms with E-state index in [1.165, 1.54) is 146 Å². The van der Waals surface area contributed by atoms with Gasteiger partial charge in [-0.1, -0.05) is 386 Å². The molecule has 141 heavy (non-hydrogen) atoms. The van der Waals surface area contributed by atoms with E-state index in [2.05, 4.69) is 420 Å². The number of benzene rings is 18. The minimum absolute atomic E-state index is 0. The summed E-state index contributed by atoms with van der Waals surface area (Å²) in [5.41, 5.74) is 19.6. The summed E-state index contributed by atoms with van der Waals surface area (Å²) in [5, 5.41) is 26.9. The number of aromatic nitrogens is 6. The summed E-state index contributed by atoms with van der Waals surface area (Å²) in [5.74, 6) is 0. The number of hydrogen-bond acceptors (Lipinski definition) is 6. The Morgan fingerprint density at radius 3 is 0.773 bits per heavy atom. The maximum absolute atomic E-state index is 4.95. The van der Waals surface area contributed by atoms with Crippen LogP contribution in [0, 0.1) is 36.4 Å². The van der Waals surface area contributed by atoms with Gasteiger partial charge in [0.15, 0.2) is 0 Å². The van der Waals surface area contributed by atoms with Gasteiger partial charge < -0.3 is 29.9 Å². The average molecular weight is 2400 g/mol. The van der Waals surface area contributed by atoms with E-state index in [-0.39, 0.29) is 60.3 Å². The van der Waals surface area contributed by atoms with E-state index in [4.69, 9.17) is 15.0 Å². The Labute approximate surface area is 871 Å². The summed E-state index contributed by atoms with van der Waals surface area (Å²) in [4.78, 5) is 27.3. The third-order valence-electron chi connectivity index (χ3n) is 25.3. The van der Waals surface area contributed by atoms with Crippen LogP contribution in [0.3, 0.4) is 0 Å². The molecule has 0 saturated carbocycles. The van der Waals surface area contributed by atoms with Crippen LogP contribution in [0.4, 0.5) is 0 Å². The van der Waals surface area contributed by atoms with Crippen LogP contribution in [-0.4, -0.2) is 54.1 Å². The van der Waals surface area contributed by atoms with Gasteiger partial charge in [0.1, 0.15) is 0 Å². The van der Waals surface area contributed by atoms with Gasteiger partial charge in [0.05, 0.1) is 24.2 Å². The van der Waals surface area contributed by atoms with Crippen LogP contribution < -0.4 is 15.6 Å². The Hall–Kier alpha value is -14.2. The molecular formula is C129H102Ir3N6Si3-6. The minimum atomic E-state index is -1.57. The van der Waals surface area contributed by atoms with Gasteiger partial charge in [-0.3, -0.25) is 0 Å². The van der Waals surface area contributed by atoms with Crippen LogP contribution >= 0.6 is 0 Å². The summed E-state index contributed by atoms with van der Waals surface area (Å²) in [7, 11) is -4.32. The summed E-state index contributed by atoms with van der Waals surface area (Å²) >= 11 is 0. The van der Waals surface area contributed by atoms with E-state index in [1.807, 2.05) is 127 Å². The first kappa shape index (κ1) is 99.8. The molecule has 0 amide bonds. The van der Waals surface area contributed by atoms with Crippen molar-refractivity contribution in [2.24, 2.45) is 0 Å². The Kier molecular flexibility index (Phi) is 32.1. The summed E-state index contributed by atoms with van der Waals surface area (Å²) < 4.78 is 0. The van der Waals surface area contributed by atoms with Crippen LogP contribution in [0.15, 0.2) is 456 Å². The number of hydrogen-bond donors (Lipinski definition) is 0. The summed E-state index contributed by atoms with van der Waals surface area (Å²) in [6.45, 7) is 21.3. The number of rotatable bonds is 12. The van der Waals surface area contributed by atoms with Crippen LogP contribution in [0.5, 0.6) is 0 Å². The number of fused-ring (bicyclic) bond motifs is 18. The number of pyridine rings is 6. The molecule has 0 bridgehead atoms. The molecule has 0 spiro atoms. The Morgan fingerprint density at radius 1 is 0.177 bits per heavy atom. The van der Waals surface area contributed by atoms with Crippen molar-refractivity contribution < 1.29 is 60.3 Å². The fraction of sp³-hybridized carbons (Fsp3) is 0.0698. The van der Waals surface area contributed by atoms with Crippen molar-refractivity contribution in [1.29, 1.82) is 0 Å². The molecule has 6 heterocycles. The molecular weight excluding hydrogens is 2290 g/mol. The smallest absolute Gasteiger partial charge is 0.0803 e. The van der Waals surface area contributed by atoms with Crippen LogP contribution in [-0.2, 0) is 60.3 Å². The van der Waals surface area contributed by atoms with E-state index in [0.717, 1.165) is 67.5 Å². The van der Waals surface area contributed by atoms with Crippen molar-refractivity contribution in [3.05, 3.63) is 492 Å². The minimum Gasteiger partial charge on any atom is -0.305 e. The predicted octanol–water partition coefficient (Wildman–Crippen LogP) is 32.3. The average Bonchev–Trinajstić information content (AvgIpc) is 0.747. The zero-order valence-corrected chi connectivity index (χ0v) is 90.2. The van der Waals surface area contributed by atoms with Crippen LogP contribution in [0.1, 0.15) is 0 Å². The van der Waals surface area contributed by atoms with Gasteiger partial charge in [-0.15, -0.1) is 179 Å².